The topological polar surface area (TPSA) is 46.6 Å². The second kappa shape index (κ2) is 5.87. The van der Waals surface area contributed by atoms with E-state index in [0.717, 1.165) is 18.9 Å². The van der Waals surface area contributed by atoms with Crippen molar-refractivity contribution in [2.24, 2.45) is 0 Å². The van der Waals surface area contributed by atoms with Crippen LogP contribution < -0.4 is 0 Å². The summed E-state index contributed by atoms with van der Waals surface area (Å²) in [5.74, 6) is -0.742. The van der Waals surface area contributed by atoms with Gasteiger partial charge in [-0.05, 0) is 31.0 Å². The summed E-state index contributed by atoms with van der Waals surface area (Å²) in [6.07, 6.45) is 1.42. The van der Waals surface area contributed by atoms with E-state index in [1.54, 1.807) is 7.11 Å². The summed E-state index contributed by atoms with van der Waals surface area (Å²) < 4.78 is 45.6. The number of piperidine rings is 1. The van der Waals surface area contributed by atoms with Crippen LogP contribution in [0.2, 0.25) is 0 Å². The van der Waals surface area contributed by atoms with Gasteiger partial charge in [0, 0.05) is 24.7 Å². The molecular weight excluding hydrogens is 337 g/mol. The first-order chi connectivity index (χ1) is 8.95. The largest absolute Gasteiger partial charge is 0.380 e. The maximum Gasteiger partial charge on any atom is 0.246 e. The molecule has 0 radical (unpaired) electrons. The molecule has 0 N–H and O–H groups in total. The van der Waals surface area contributed by atoms with Gasteiger partial charge in [-0.1, -0.05) is 15.9 Å². The highest BCUT2D eigenvalue weighted by Crippen LogP contribution is 2.25. The van der Waals surface area contributed by atoms with E-state index in [-0.39, 0.29) is 17.5 Å². The van der Waals surface area contributed by atoms with Crippen molar-refractivity contribution in [2.45, 2.75) is 23.8 Å². The van der Waals surface area contributed by atoms with E-state index in [4.69, 9.17) is 4.74 Å². The molecule has 2 rings (SSSR count). The average molecular weight is 352 g/mol. The van der Waals surface area contributed by atoms with Gasteiger partial charge in [0.25, 0.3) is 0 Å². The Morgan fingerprint density at radius 3 is 2.84 bits per heavy atom. The minimum Gasteiger partial charge on any atom is -0.380 e. The lowest BCUT2D eigenvalue weighted by atomic mass is 10.1. The van der Waals surface area contributed by atoms with E-state index >= 15 is 0 Å². The summed E-state index contributed by atoms with van der Waals surface area (Å²) in [6, 6.07) is 3.96. The zero-order chi connectivity index (χ0) is 14.0. The van der Waals surface area contributed by atoms with Gasteiger partial charge < -0.3 is 4.74 Å². The first-order valence-electron chi connectivity index (χ1n) is 5.93. The van der Waals surface area contributed by atoms with Crippen molar-refractivity contribution in [3.8, 4) is 0 Å². The van der Waals surface area contributed by atoms with Crippen molar-refractivity contribution in [1.82, 2.24) is 4.31 Å². The summed E-state index contributed by atoms with van der Waals surface area (Å²) in [6.45, 7) is 0.673. The molecule has 0 aliphatic carbocycles. The predicted octanol–water partition coefficient (Wildman–Crippen LogP) is 2.39. The van der Waals surface area contributed by atoms with Gasteiger partial charge in [-0.3, -0.25) is 0 Å². The molecule has 0 aromatic heterocycles. The molecule has 1 saturated heterocycles. The van der Waals surface area contributed by atoms with E-state index < -0.39 is 15.8 Å². The molecule has 1 aliphatic heterocycles. The second-order valence-corrected chi connectivity index (χ2v) is 7.26. The number of methoxy groups -OCH3 is 1. The Labute approximate surface area is 120 Å². The van der Waals surface area contributed by atoms with Gasteiger partial charge in [0.15, 0.2) is 0 Å². The monoisotopic (exact) mass is 351 g/mol. The van der Waals surface area contributed by atoms with E-state index in [0.29, 0.717) is 11.0 Å². The molecule has 1 aromatic carbocycles. The maximum atomic E-state index is 13.8. The van der Waals surface area contributed by atoms with Crippen LogP contribution in [-0.4, -0.2) is 39.0 Å². The molecule has 1 unspecified atom stereocenters. The van der Waals surface area contributed by atoms with Crippen molar-refractivity contribution in [2.75, 3.05) is 20.2 Å². The Hall–Kier alpha value is -0.500. The summed E-state index contributed by atoms with van der Waals surface area (Å²) in [4.78, 5) is -0.285. The minimum absolute atomic E-state index is 0.123. The smallest absolute Gasteiger partial charge is 0.246 e. The van der Waals surface area contributed by atoms with Crippen LogP contribution in [-0.2, 0) is 14.8 Å². The fraction of sp³-hybridized carbons (Fsp3) is 0.500. The van der Waals surface area contributed by atoms with Gasteiger partial charge in [0.1, 0.15) is 10.7 Å². The van der Waals surface area contributed by atoms with Gasteiger partial charge in [-0.25, -0.2) is 12.8 Å². The van der Waals surface area contributed by atoms with Crippen LogP contribution >= 0.6 is 15.9 Å². The number of benzene rings is 1. The molecule has 1 aliphatic rings. The van der Waals surface area contributed by atoms with Crippen LogP contribution in [0.25, 0.3) is 0 Å². The number of hydrogen-bond donors (Lipinski definition) is 0. The lowest BCUT2D eigenvalue weighted by molar-refractivity contribution is 0.0571. The second-order valence-electron chi connectivity index (χ2n) is 4.44. The van der Waals surface area contributed by atoms with Gasteiger partial charge >= 0.3 is 0 Å². The highest BCUT2D eigenvalue weighted by molar-refractivity contribution is 9.10. The Bertz CT molecular complexity index is 564. The molecule has 0 amide bonds. The van der Waals surface area contributed by atoms with Gasteiger partial charge in [-0.2, -0.15) is 4.31 Å². The van der Waals surface area contributed by atoms with Crippen molar-refractivity contribution < 1.29 is 17.5 Å². The number of hydrogen-bond acceptors (Lipinski definition) is 3. The molecule has 106 valence electrons. The summed E-state index contributed by atoms with van der Waals surface area (Å²) in [7, 11) is -2.24. The van der Waals surface area contributed by atoms with Crippen LogP contribution in [0, 0.1) is 5.82 Å². The van der Waals surface area contributed by atoms with E-state index in [9.17, 15) is 12.8 Å². The van der Waals surface area contributed by atoms with Gasteiger partial charge in [0.2, 0.25) is 10.0 Å². The lowest BCUT2D eigenvalue weighted by Crippen LogP contribution is -2.43. The Kier molecular flexibility index (Phi) is 4.60. The number of sulfonamides is 1. The zero-order valence-corrected chi connectivity index (χ0v) is 12.9. The van der Waals surface area contributed by atoms with Crippen LogP contribution in [0.4, 0.5) is 4.39 Å². The van der Waals surface area contributed by atoms with Crippen LogP contribution in [0.15, 0.2) is 27.6 Å². The highest BCUT2D eigenvalue weighted by atomic mass is 79.9. The standard InChI is InChI=1S/C12H15BrFNO3S/c1-18-10-3-2-6-15(8-10)19(16,17)12-5-4-9(13)7-11(12)14/h4-5,7,10H,2-3,6,8H2,1H3. The summed E-state index contributed by atoms with van der Waals surface area (Å²) in [5.41, 5.74) is 0. The Morgan fingerprint density at radius 1 is 1.47 bits per heavy atom. The molecule has 1 atom stereocenters. The van der Waals surface area contributed by atoms with Crippen LogP contribution in [0.3, 0.4) is 0 Å². The third kappa shape index (κ3) is 3.16. The highest BCUT2D eigenvalue weighted by Gasteiger charge is 2.32. The number of ether oxygens (including phenoxy) is 1. The van der Waals surface area contributed by atoms with Gasteiger partial charge in [0.05, 0.1) is 6.10 Å². The van der Waals surface area contributed by atoms with Crippen molar-refractivity contribution >= 4 is 26.0 Å². The number of halogens is 2. The molecule has 1 heterocycles. The average Bonchev–Trinajstić information content (AvgIpc) is 2.38. The third-order valence-corrected chi connectivity index (χ3v) is 5.58. The molecule has 0 saturated carbocycles. The Morgan fingerprint density at radius 2 is 2.21 bits per heavy atom. The minimum atomic E-state index is -3.79. The summed E-state index contributed by atoms with van der Waals surface area (Å²) in [5, 5.41) is 0. The number of nitrogens with zero attached hydrogens (tertiary/aromatic N) is 1. The van der Waals surface area contributed by atoms with Crippen molar-refractivity contribution in [3.63, 3.8) is 0 Å². The summed E-state index contributed by atoms with van der Waals surface area (Å²) >= 11 is 3.11. The van der Waals surface area contributed by atoms with Crippen LogP contribution in [0.1, 0.15) is 12.8 Å². The first kappa shape index (κ1) is 14.9. The SMILES string of the molecule is COC1CCCN(S(=O)(=O)c2ccc(Br)cc2F)C1. The van der Waals surface area contributed by atoms with Crippen molar-refractivity contribution in [3.05, 3.63) is 28.5 Å². The zero-order valence-electron chi connectivity index (χ0n) is 10.5. The Balaban J connectivity index is 2.31. The molecule has 0 spiro atoms. The molecule has 7 heteroatoms. The normalized spacial score (nSPS) is 21.5. The molecular formula is C12H15BrFNO3S. The maximum absolute atomic E-state index is 13.8. The molecule has 1 fully saturated rings. The van der Waals surface area contributed by atoms with E-state index in [2.05, 4.69) is 15.9 Å². The quantitative estimate of drug-likeness (QED) is 0.839. The number of rotatable bonds is 3. The molecule has 4 nitrogen and oxygen atoms in total. The fourth-order valence-electron chi connectivity index (χ4n) is 2.14. The first-order valence-corrected chi connectivity index (χ1v) is 8.16. The molecule has 1 aromatic rings. The lowest BCUT2D eigenvalue weighted by Gasteiger charge is -2.31. The van der Waals surface area contributed by atoms with Crippen LogP contribution in [0.5, 0.6) is 0 Å². The van der Waals surface area contributed by atoms with E-state index in [1.165, 1.54) is 16.4 Å². The molecule has 0 bridgehead atoms. The molecule has 19 heavy (non-hydrogen) atoms. The fourth-order valence-corrected chi connectivity index (χ4v) is 4.03. The van der Waals surface area contributed by atoms with Gasteiger partial charge in [-0.15, -0.1) is 0 Å². The predicted molar refractivity (Wildman–Crippen MR) is 72.9 cm³/mol. The third-order valence-electron chi connectivity index (χ3n) is 3.19. The van der Waals surface area contributed by atoms with Crippen molar-refractivity contribution in [1.29, 1.82) is 0 Å². The van der Waals surface area contributed by atoms with E-state index in [1.807, 2.05) is 0 Å².